The van der Waals surface area contributed by atoms with Crippen molar-refractivity contribution in [3.8, 4) is 0 Å². The summed E-state index contributed by atoms with van der Waals surface area (Å²) in [6, 6.07) is 6.10. The second-order valence-corrected chi connectivity index (χ2v) is 5.12. The molecule has 1 N–H and O–H groups in total. The molecule has 2 heterocycles. The molecule has 0 radical (unpaired) electrons. The van der Waals surface area contributed by atoms with Crippen molar-refractivity contribution in [2.75, 3.05) is 6.61 Å². The second-order valence-electron chi connectivity index (χ2n) is 4.74. The van der Waals surface area contributed by atoms with Crippen LogP contribution in [0.2, 0.25) is 0 Å². The van der Waals surface area contributed by atoms with Gasteiger partial charge in [-0.15, -0.1) is 0 Å². The Morgan fingerprint density at radius 1 is 1.47 bits per heavy atom. The number of aryl methyl sites for hydroxylation is 1. The van der Waals surface area contributed by atoms with Crippen molar-refractivity contribution in [3.63, 3.8) is 0 Å². The number of ether oxygens (including phenoxy) is 1. The number of nitrogens with one attached hydrogen (secondary N) is 1. The zero-order valence-corrected chi connectivity index (χ0v) is 11.6. The molecule has 1 aliphatic rings. The minimum absolute atomic E-state index is 0.235. The van der Waals surface area contributed by atoms with E-state index in [0.717, 1.165) is 16.7 Å². The van der Waals surface area contributed by atoms with E-state index >= 15 is 0 Å². The van der Waals surface area contributed by atoms with Gasteiger partial charge >= 0.3 is 5.97 Å². The summed E-state index contributed by atoms with van der Waals surface area (Å²) in [5, 5.41) is 0. The molecule has 3 rings (SSSR count). The average Bonchev–Trinajstić information content (AvgIpc) is 2.90. The lowest BCUT2D eigenvalue weighted by Crippen LogP contribution is -2.03. The van der Waals surface area contributed by atoms with Crippen LogP contribution in [0.15, 0.2) is 23.8 Å². The molecule has 19 heavy (non-hydrogen) atoms. The first kappa shape index (κ1) is 12.2. The Kier molecular flexibility index (Phi) is 2.78. The number of carbonyl (C=O) groups is 1. The van der Waals surface area contributed by atoms with Crippen LogP contribution >= 0.6 is 12.2 Å². The van der Waals surface area contributed by atoms with Gasteiger partial charge < -0.3 is 9.72 Å². The summed E-state index contributed by atoms with van der Waals surface area (Å²) >= 11 is 5.37. The van der Waals surface area contributed by atoms with E-state index in [4.69, 9.17) is 17.0 Å². The zero-order valence-electron chi connectivity index (χ0n) is 10.8. The predicted octanol–water partition coefficient (Wildman–Crippen LogP) is 3.19. The summed E-state index contributed by atoms with van der Waals surface area (Å²) < 4.78 is 7.51. The molecule has 1 aromatic heterocycles. The Hall–Kier alpha value is -1.88. The first-order chi connectivity index (χ1) is 9.08. The van der Waals surface area contributed by atoms with Crippen molar-refractivity contribution in [2.24, 2.45) is 0 Å². The maximum atomic E-state index is 11.7. The average molecular weight is 274 g/mol. The van der Waals surface area contributed by atoms with Gasteiger partial charge in [0.15, 0.2) is 4.77 Å². The van der Waals surface area contributed by atoms with Crippen LogP contribution < -0.4 is 0 Å². The van der Waals surface area contributed by atoms with Crippen LogP contribution in [0.25, 0.3) is 16.7 Å². The smallest absolute Gasteiger partial charge is 0.335 e. The highest BCUT2D eigenvalue weighted by Crippen LogP contribution is 2.25. The Bertz CT molecular complexity index is 767. The van der Waals surface area contributed by atoms with E-state index in [2.05, 4.69) is 4.98 Å². The first-order valence-electron chi connectivity index (χ1n) is 6.16. The number of H-pyrrole nitrogens is 1. The van der Waals surface area contributed by atoms with Gasteiger partial charge in [0, 0.05) is 12.1 Å². The van der Waals surface area contributed by atoms with Gasteiger partial charge in [-0.25, -0.2) is 4.79 Å². The molecular weight excluding hydrogens is 260 g/mol. The number of benzene rings is 1. The van der Waals surface area contributed by atoms with E-state index in [0.29, 0.717) is 23.4 Å². The van der Waals surface area contributed by atoms with Crippen molar-refractivity contribution in [1.82, 2.24) is 9.55 Å². The molecule has 1 aromatic carbocycles. The van der Waals surface area contributed by atoms with Crippen LogP contribution in [0.3, 0.4) is 0 Å². The molecule has 0 aliphatic carbocycles. The van der Waals surface area contributed by atoms with Crippen molar-refractivity contribution >= 4 is 34.9 Å². The van der Waals surface area contributed by atoms with Crippen LogP contribution in [-0.4, -0.2) is 22.1 Å². The van der Waals surface area contributed by atoms with E-state index in [9.17, 15) is 4.79 Å². The summed E-state index contributed by atoms with van der Waals surface area (Å²) in [6.07, 6.45) is 0.644. The molecule has 0 amide bonds. The third-order valence-electron chi connectivity index (χ3n) is 3.44. The molecule has 4 nitrogen and oxygen atoms in total. The van der Waals surface area contributed by atoms with E-state index in [1.807, 2.05) is 36.6 Å². The minimum atomic E-state index is -0.235. The Labute approximate surface area is 115 Å². The van der Waals surface area contributed by atoms with Gasteiger partial charge in [-0.2, -0.15) is 0 Å². The van der Waals surface area contributed by atoms with Crippen LogP contribution in [-0.2, 0) is 9.53 Å². The maximum Gasteiger partial charge on any atom is 0.335 e. The first-order valence-corrected chi connectivity index (χ1v) is 6.57. The summed E-state index contributed by atoms with van der Waals surface area (Å²) in [4.78, 5) is 14.9. The number of nitrogens with zero attached hydrogens (tertiary/aromatic N) is 1. The number of hydrogen-bond donors (Lipinski definition) is 1. The SMILES string of the molecule is C/C(=C1\CCOC1=O)n1c(=S)[nH]c2cc(C)ccc21. The van der Waals surface area contributed by atoms with E-state index in [1.165, 1.54) is 5.56 Å². The van der Waals surface area contributed by atoms with Gasteiger partial charge in [0.2, 0.25) is 0 Å². The fourth-order valence-corrected chi connectivity index (χ4v) is 2.80. The molecule has 0 unspecified atom stereocenters. The second kappa shape index (κ2) is 4.35. The summed E-state index contributed by atoms with van der Waals surface area (Å²) in [5.74, 6) is -0.235. The lowest BCUT2D eigenvalue weighted by Gasteiger charge is -2.07. The normalized spacial score (nSPS) is 17.9. The standard InChI is InChI=1S/C14H14N2O2S/c1-8-3-4-12-11(7-8)15-14(19)16(12)9(2)10-5-6-18-13(10)17/h3-4,7H,5-6H2,1-2H3,(H,15,19)/b10-9-. The van der Waals surface area contributed by atoms with Gasteiger partial charge in [0.05, 0.1) is 23.2 Å². The van der Waals surface area contributed by atoms with Gasteiger partial charge in [-0.05, 0) is 43.8 Å². The number of esters is 1. The number of imidazole rings is 1. The van der Waals surface area contributed by atoms with Crippen LogP contribution in [0.5, 0.6) is 0 Å². The number of allylic oxidation sites excluding steroid dienone is 1. The predicted molar refractivity (Wildman–Crippen MR) is 76.3 cm³/mol. The number of rotatable bonds is 1. The van der Waals surface area contributed by atoms with Crippen LogP contribution in [0, 0.1) is 11.7 Å². The number of carbonyl (C=O) groups excluding carboxylic acids is 1. The quantitative estimate of drug-likeness (QED) is 0.493. The van der Waals surface area contributed by atoms with Crippen LogP contribution in [0.1, 0.15) is 18.9 Å². The molecule has 0 saturated carbocycles. The largest absolute Gasteiger partial charge is 0.462 e. The van der Waals surface area contributed by atoms with Gasteiger partial charge in [-0.3, -0.25) is 4.57 Å². The minimum Gasteiger partial charge on any atom is -0.462 e. The van der Waals surface area contributed by atoms with Crippen molar-refractivity contribution in [2.45, 2.75) is 20.3 Å². The monoisotopic (exact) mass is 274 g/mol. The summed E-state index contributed by atoms with van der Waals surface area (Å²) in [6.45, 7) is 4.40. The molecule has 1 aliphatic heterocycles. The van der Waals surface area contributed by atoms with E-state index in [-0.39, 0.29) is 5.97 Å². The number of aromatic amines is 1. The molecular formula is C14H14N2O2S. The Balaban J connectivity index is 2.28. The van der Waals surface area contributed by atoms with Crippen molar-refractivity contribution < 1.29 is 9.53 Å². The molecule has 0 bridgehead atoms. The summed E-state index contributed by atoms with van der Waals surface area (Å²) in [7, 11) is 0. The highest BCUT2D eigenvalue weighted by atomic mass is 32.1. The molecule has 0 atom stereocenters. The topological polar surface area (TPSA) is 47.0 Å². The molecule has 2 aromatic rings. The zero-order chi connectivity index (χ0) is 13.6. The molecule has 1 saturated heterocycles. The Morgan fingerprint density at radius 3 is 2.95 bits per heavy atom. The number of fused-ring (bicyclic) bond motifs is 1. The highest BCUT2D eigenvalue weighted by Gasteiger charge is 2.23. The fourth-order valence-electron chi connectivity index (χ4n) is 2.46. The van der Waals surface area contributed by atoms with Gasteiger partial charge in [0.25, 0.3) is 0 Å². The third-order valence-corrected chi connectivity index (χ3v) is 3.73. The van der Waals surface area contributed by atoms with Crippen molar-refractivity contribution in [1.29, 1.82) is 0 Å². The fraction of sp³-hybridized carbons (Fsp3) is 0.286. The van der Waals surface area contributed by atoms with Crippen LogP contribution in [0.4, 0.5) is 0 Å². The van der Waals surface area contributed by atoms with Gasteiger partial charge in [0.1, 0.15) is 0 Å². The highest BCUT2D eigenvalue weighted by molar-refractivity contribution is 7.71. The molecule has 0 spiro atoms. The molecule has 1 fully saturated rings. The number of aromatic nitrogens is 2. The van der Waals surface area contributed by atoms with Crippen molar-refractivity contribution in [3.05, 3.63) is 34.1 Å². The van der Waals surface area contributed by atoms with E-state index in [1.54, 1.807) is 0 Å². The molecule has 5 heteroatoms. The maximum absolute atomic E-state index is 11.7. The molecule has 98 valence electrons. The third kappa shape index (κ3) is 1.90. The lowest BCUT2D eigenvalue weighted by atomic mass is 10.1. The van der Waals surface area contributed by atoms with E-state index < -0.39 is 0 Å². The number of cyclic esters (lactones) is 1. The summed E-state index contributed by atoms with van der Waals surface area (Å²) in [5.41, 5.74) is 4.69. The Morgan fingerprint density at radius 2 is 2.26 bits per heavy atom. The lowest BCUT2D eigenvalue weighted by molar-refractivity contribution is -0.135. The van der Waals surface area contributed by atoms with Gasteiger partial charge in [-0.1, -0.05) is 6.07 Å². The number of hydrogen-bond acceptors (Lipinski definition) is 3.